The smallest absolute Gasteiger partial charge is 0.238 e. The zero-order chi connectivity index (χ0) is 17.7. The van der Waals surface area contributed by atoms with Gasteiger partial charge in [0.25, 0.3) is 0 Å². The highest BCUT2D eigenvalue weighted by Crippen LogP contribution is 2.18. The number of hydrogen-bond donors (Lipinski definition) is 2. The van der Waals surface area contributed by atoms with E-state index in [2.05, 4.69) is 15.8 Å². The van der Waals surface area contributed by atoms with Gasteiger partial charge in [0.1, 0.15) is 11.6 Å². The standard InChI is InChI=1S/C16H18FN3O3S/c1-9-6-12(17)4-5-13(9)18-15(21)8-24-11(3)16(22)19-14-7-10(2)23-20-14/h4-7,11H,8H2,1-3H3,(H,18,21)(H,19,20,22)/t11-/m1/s1. The van der Waals surface area contributed by atoms with E-state index in [1.807, 2.05) is 0 Å². The zero-order valence-electron chi connectivity index (χ0n) is 13.6. The summed E-state index contributed by atoms with van der Waals surface area (Å²) in [5, 5.41) is 8.55. The Bertz CT molecular complexity index is 748. The molecule has 0 fully saturated rings. The Morgan fingerprint density at radius 3 is 2.67 bits per heavy atom. The Kier molecular flexibility index (Phi) is 5.97. The van der Waals surface area contributed by atoms with Gasteiger partial charge in [-0.2, -0.15) is 0 Å². The van der Waals surface area contributed by atoms with Gasteiger partial charge in [-0.05, 0) is 44.5 Å². The van der Waals surface area contributed by atoms with Crippen molar-refractivity contribution in [2.45, 2.75) is 26.0 Å². The second-order valence-electron chi connectivity index (χ2n) is 5.27. The third-order valence-electron chi connectivity index (χ3n) is 3.18. The Balaban J connectivity index is 1.81. The number of nitrogens with one attached hydrogen (secondary N) is 2. The summed E-state index contributed by atoms with van der Waals surface area (Å²) in [6, 6.07) is 5.75. The van der Waals surface area contributed by atoms with Crippen LogP contribution in [0.3, 0.4) is 0 Å². The number of carbonyl (C=O) groups excluding carboxylic acids is 2. The van der Waals surface area contributed by atoms with Gasteiger partial charge in [-0.1, -0.05) is 5.16 Å². The van der Waals surface area contributed by atoms with Crippen LogP contribution in [0.15, 0.2) is 28.8 Å². The van der Waals surface area contributed by atoms with Crippen LogP contribution < -0.4 is 10.6 Å². The van der Waals surface area contributed by atoms with Crippen LogP contribution in [-0.2, 0) is 9.59 Å². The van der Waals surface area contributed by atoms with Crippen LogP contribution >= 0.6 is 11.8 Å². The van der Waals surface area contributed by atoms with Gasteiger partial charge in [0, 0.05) is 11.8 Å². The summed E-state index contributed by atoms with van der Waals surface area (Å²) in [4.78, 5) is 24.0. The van der Waals surface area contributed by atoms with Crippen LogP contribution in [0, 0.1) is 19.7 Å². The molecule has 0 saturated carbocycles. The normalized spacial score (nSPS) is 11.8. The lowest BCUT2D eigenvalue weighted by molar-refractivity contribution is -0.115. The highest BCUT2D eigenvalue weighted by atomic mass is 32.2. The van der Waals surface area contributed by atoms with E-state index in [1.165, 1.54) is 30.0 Å². The first-order chi connectivity index (χ1) is 11.3. The Labute approximate surface area is 143 Å². The third kappa shape index (κ3) is 5.09. The number of anilines is 2. The van der Waals surface area contributed by atoms with E-state index in [9.17, 15) is 14.0 Å². The minimum absolute atomic E-state index is 0.100. The lowest BCUT2D eigenvalue weighted by Crippen LogP contribution is -2.25. The lowest BCUT2D eigenvalue weighted by atomic mass is 10.2. The van der Waals surface area contributed by atoms with E-state index in [-0.39, 0.29) is 23.4 Å². The van der Waals surface area contributed by atoms with E-state index in [0.29, 0.717) is 22.8 Å². The molecule has 0 unspecified atom stereocenters. The summed E-state index contributed by atoms with van der Waals surface area (Å²) in [5.74, 6) is 0.165. The van der Waals surface area contributed by atoms with E-state index in [0.717, 1.165) is 0 Å². The van der Waals surface area contributed by atoms with Gasteiger partial charge in [-0.15, -0.1) is 11.8 Å². The first kappa shape index (κ1) is 18.0. The minimum atomic E-state index is -0.443. The second-order valence-corrected chi connectivity index (χ2v) is 6.60. The molecule has 0 aliphatic heterocycles. The van der Waals surface area contributed by atoms with Gasteiger partial charge < -0.3 is 15.2 Å². The monoisotopic (exact) mass is 351 g/mol. The molecule has 0 aliphatic carbocycles. The fourth-order valence-corrected chi connectivity index (χ4v) is 2.57. The molecule has 1 aromatic carbocycles. The molecule has 8 heteroatoms. The fraction of sp³-hybridized carbons (Fsp3) is 0.312. The Morgan fingerprint density at radius 1 is 1.29 bits per heavy atom. The number of benzene rings is 1. The summed E-state index contributed by atoms with van der Waals surface area (Å²) in [6.07, 6.45) is 0. The van der Waals surface area contributed by atoms with Gasteiger partial charge >= 0.3 is 0 Å². The Morgan fingerprint density at radius 2 is 2.04 bits per heavy atom. The molecule has 1 heterocycles. The van der Waals surface area contributed by atoms with Crippen LogP contribution in [0.5, 0.6) is 0 Å². The zero-order valence-corrected chi connectivity index (χ0v) is 14.4. The first-order valence-electron chi connectivity index (χ1n) is 7.27. The van der Waals surface area contributed by atoms with Crippen LogP contribution in [0.25, 0.3) is 0 Å². The van der Waals surface area contributed by atoms with Crippen LogP contribution in [-0.4, -0.2) is 28.0 Å². The van der Waals surface area contributed by atoms with Gasteiger partial charge in [-0.3, -0.25) is 9.59 Å². The maximum Gasteiger partial charge on any atom is 0.238 e. The van der Waals surface area contributed by atoms with Crippen molar-refractivity contribution in [3.8, 4) is 0 Å². The van der Waals surface area contributed by atoms with Crippen molar-refractivity contribution >= 4 is 35.1 Å². The average molecular weight is 351 g/mol. The number of aromatic nitrogens is 1. The molecule has 0 radical (unpaired) electrons. The van der Waals surface area contributed by atoms with Crippen molar-refractivity contribution in [3.05, 3.63) is 41.4 Å². The molecule has 24 heavy (non-hydrogen) atoms. The predicted octanol–water partition coefficient (Wildman–Crippen LogP) is 3.13. The van der Waals surface area contributed by atoms with E-state index in [4.69, 9.17) is 4.52 Å². The van der Waals surface area contributed by atoms with Crippen molar-refractivity contribution < 1.29 is 18.5 Å². The molecular formula is C16H18FN3O3S. The summed E-state index contributed by atoms with van der Waals surface area (Å²) < 4.78 is 17.9. The molecule has 0 bridgehead atoms. The summed E-state index contributed by atoms with van der Waals surface area (Å²) in [6.45, 7) is 5.13. The van der Waals surface area contributed by atoms with Crippen molar-refractivity contribution in [2.75, 3.05) is 16.4 Å². The largest absolute Gasteiger partial charge is 0.360 e. The third-order valence-corrected chi connectivity index (χ3v) is 4.32. The number of carbonyl (C=O) groups is 2. The van der Waals surface area contributed by atoms with Gasteiger partial charge in [-0.25, -0.2) is 4.39 Å². The molecule has 2 amide bonds. The Hall–Kier alpha value is -2.35. The minimum Gasteiger partial charge on any atom is -0.360 e. The van der Waals surface area contributed by atoms with Crippen LogP contribution in [0.4, 0.5) is 15.9 Å². The fourth-order valence-electron chi connectivity index (χ4n) is 1.88. The number of rotatable bonds is 6. The topological polar surface area (TPSA) is 84.2 Å². The predicted molar refractivity (Wildman–Crippen MR) is 91.6 cm³/mol. The van der Waals surface area contributed by atoms with Crippen molar-refractivity contribution in [3.63, 3.8) is 0 Å². The summed E-state index contributed by atoms with van der Waals surface area (Å²) in [5.41, 5.74) is 1.19. The number of aryl methyl sites for hydroxylation is 2. The summed E-state index contributed by atoms with van der Waals surface area (Å²) >= 11 is 1.19. The highest BCUT2D eigenvalue weighted by molar-refractivity contribution is 8.01. The number of amides is 2. The van der Waals surface area contributed by atoms with Crippen LogP contribution in [0.2, 0.25) is 0 Å². The maximum absolute atomic E-state index is 13.0. The SMILES string of the molecule is Cc1cc(NC(=O)[C@@H](C)SCC(=O)Nc2ccc(F)cc2C)no1. The number of halogens is 1. The molecule has 0 aliphatic rings. The van der Waals surface area contributed by atoms with E-state index >= 15 is 0 Å². The quantitative estimate of drug-likeness (QED) is 0.835. The second kappa shape index (κ2) is 7.96. The van der Waals surface area contributed by atoms with E-state index < -0.39 is 5.25 Å². The lowest BCUT2D eigenvalue weighted by Gasteiger charge is -2.11. The molecule has 0 saturated heterocycles. The van der Waals surface area contributed by atoms with Crippen molar-refractivity contribution in [1.29, 1.82) is 0 Å². The van der Waals surface area contributed by atoms with Gasteiger partial charge in [0.05, 0.1) is 11.0 Å². The number of nitrogens with zero attached hydrogens (tertiary/aromatic N) is 1. The first-order valence-corrected chi connectivity index (χ1v) is 8.32. The maximum atomic E-state index is 13.0. The van der Waals surface area contributed by atoms with E-state index in [1.54, 1.807) is 26.8 Å². The average Bonchev–Trinajstić information content (AvgIpc) is 2.92. The molecule has 128 valence electrons. The molecule has 2 aromatic rings. The molecule has 0 spiro atoms. The molecule has 1 aromatic heterocycles. The number of thioether (sulfide) groups is 1. The molecule has 2 rings (SSSR count). The highest BCUT2D eigenvalue weighted by Gasteiger charge is 2.17. The van der Waals surface area contributed by atoms with Crippen molar-refractivity contribution in [1.82, 2.24) is 5.16 Å². The molecular weight excluding hydrogens is 333 g/mol. The van der Waals surface area contributed by atoms with Crippen molar-refractivity contribution in [2.24, 2.45) is 0 Å². The van der Waals surface area contributed by atoms with Gasteiger partial charge in [0.15, 0.2) is 5.82 Å². The van der Waals surface area contributed by atoms with Gasteiger partial charge in [0.2, 0.25) is 11.8 Å². The molecule has 6 nitrogen and oxygen atoms in total. The summed E-state index contributed by atoms with van der Waals surface area (Å²) in [7, 11) is 0. The van der Waals surface area contributed by atoms with Crippen LogP contribution in [0.1, 0.15) is 18.2 Å². The number of hydrogen-bond acceptors (Lipinski definition) is 5. The molecule has 1 atom stereocenters. The molecule has 2 N–H and O–H groups in total.